The van der Waals surface area contributed by atoms with E-state index in [-0.39, 0.29) is 0 Å². The van der Waals surface area contributed by atoms with Gasteiger partial charge in [-0.05, 0) is 12.8 Å². The quantitative estimate of drug-likeness (QED) is 0.534. The Labute approximate surface area is 158 Å². The van der Waals surface area contributed by atoms with Crippen LogP contribution in [0, 0.1) is 0 Å². The van der Waals surface area contributed by atoms with Crippen LogP contribution in [-0.2, 0) is 19.4 Å². The minimum atomic E-state index is 0.778. The zero-order chi connectivity index (χ0) is 18.2. The van der Waals surface area contributed by atoms with Gasteiger partial charge in [-0.1, -0.05) is 6.92 Å². The topological polar surface area (TPSA) is 83.3 Å². The first-order valence-corrected chi connectivity index (χ1v) is 10.2. The van der Waals surface area contributed by atoms with Crippen molar-refractivity contribution in [2.75, 3.05) is 38.1 Å². The van der Waals surface area contributed by atoms with Crippen LogP contribution >= 0.6 is 11.3 Å². The lowest BCUT2D eigenvalue weighted by molar-refractivity contribution is 0.632. The third kappa shape index (κ3) is 4.94. The van der Waals surface area contributed by atoms with Crippen molar-refractivity contribution in [1.82, 2.24) is 30.4 Å². The van der Waals surface area contributed by atoms with Gasteiger partial charge in [-0.25, -0.2) is 4.98 Å². The summed E-state index contributed by atoms with van der Waals surface area (Å²) in [5.74, 6) is 1.82. The normalized spacial score (nSPS) is 14.8. The maximum atomic E-state index is 4.76. The van der Waals surface area contributed by atoms with Gasteiger partial charge in [0, 0.05) is 58.0 Å². The predicted molar refractivity (Wildman–Crippen MR) is 106 cm³/mol. The Kier molecular flexibility index (Phi) is 6.82. The van der Waals surface area contributed by atoms with E-state index in [4.69, 9.17) is 4.98 Å². The molecule has 2 aromatic rings. The summed E-state index contributed by atoms with van der Waals surface area (Å²) in [6.07, 6.45) is 6.13. The third-order valence-corrected chi connectivity index (χ3v) is 5.42. The van der Waals surface area contributed by atoms with Crippen molar-refractivity contribution in [2.45, 2.75) is 39.2 Å². The number of thiazole rings is 1. The van der Waals surface area contributed by atoms with Gasteiger partial charge in [0.15, 0.2) is 11.1 Å². The monoisotopic (exact) mass is 376 g/mol. The summed E-state index contributed by atoms with van der Waals surface area (Å²) >= 11 is 1.75. The van der Waals surface area contributed by atoms with Crippen LogP contribution in [0.1, 0.15) is 31.3 Å². The molecule has 3 heterocycles. The van der Waals surface area contributed by atoms with Crippen molar-refractivity contribution < 1.29 is 0 Å². The lowest BCUT2D eigenvalue weighted by Crippen LogP contribution is -2.39. The molecule has 0 amide bonds. The van der Waals surface area contributed by atoms with Crippen LogP contribution in [0.4, 0.5) is 5.13 Å². The first kappa shape index (κ1) is 18.6. The van der Waals surface area contributed by atoms with Crippen molar-refractivity contribution >= 4 is 22.4 Å². The number of nitrogens with one attached hydrogen (secondary N) is 2. The van der Waals surface area contributed by atoms with Crippen molar-refractivity contribution in [3.05, 3.63) is 23.2 Å². The van der Waals surface area contributed by atoms with E-state index in [0.29, 0.717) is 0 Å². The van der Waals surface area contributed by atoms with Crippen LogP contribution < -0.4 is 15.5 Å². The Bertz CT molecular complexity index is 701. The average Bonchev–Trinajstić information content (AvgIpc) is 3.40. The van der Waals surface area contributed by atoms with Crippen LogP contribution in [0.15, 0.2) is 16.7 Å². The molecule has 0 unspecified atom stereocenters. The molecule has 26 heavy (non-hydrogen) atoms. The highest BCUT2D eigenvalue weighted by molar-refractivity contribution is 7.13. The fourth-order valence-electron chi connectivity index (χ4n) is 3.03. The van der Waals surface area contributed by atoms with E-state index in [9.17, 15) is 0 Å². The largest absolute Gasteiger partial charge is 0.356 e. The van der Waals surface area contributed by atoms with Crippen molar-refractivity contribution in [1.29, 1.82) is 0 Å². The highest BCUT2D eigenvalue weighted by atomic mass is 32.1. The Morgan fingerprint density at radius 3 is 2.85 bits per heavy atom. The average molecular weight is 377 g/mol. The van der Waals surface area contributed by atoms with Gasteiger partial charge in [-0.2, -0.15) is 0 Å². The van der Waals surface area contributed by atoms with Gasteiger partial charge < -0.3 is 20.1 Å². The summed E-state index contributed by atoms with van der Waals surface area (Å²) in [7, 11) is 1.79. The van der Waals surface area contributed by atoms with E-state index in [1.165, 1.54) is 18.0 Å². The number of nitrogens with zero attached hydrogens (tertiary/aromatic N) is 6. The maximum Gasteiger partial charge on any atom is 0.191 e. The Morgan fingerprint density at radius 1 is 1.27 bits per heavy atom. The highest BCUT2D eigenvalue weighted by Gasteiger charge is 2.15. The second-order valence-electron chi connectivity index (χ2n) is 6.29. The standard InChI is InChI=1S/C17H28N8S/c1-3-15-23-21-13-25(15)11-8-20-16(18-2)19-7-6-14-12-26-17(22-14)24-9-4-5-10-24/h12-13H,3-11H2,1-2H3,(H2,18,19,20). The molecule has 0 aromatic carbocycles. The van der Waals surface area contributed by atoms with Gasteiger partial charge in [0.25, 0.3) is 0 Å². The number of hydrogen-bond donors (Lipinski definition) is 2. The molecule has 142 valence electrons. The fourth-order valence-corrected chi connectivity index (χ4v) is 3.94. The molecule has 0 saturated carbocycles. The lowest BCUT2D eigenvalue weighted by Gasteiger charge is -2.13. The molecule has 0 spiro atoms. The SMILES string of the molecule is CCc1nncn1CCNC(=NC)NCCc1csc(N2CCCC2)n1. The summed E-state index contributed by atoms with van der Waals surface area (Å²) in [4.78, 5) is 11.4. The molecular weight excluding hydrogens is 348 g/mol. The molecule has 2 N–H and O–H groups in total. The smallest absolute Gasteiger partial charge is 0.191 e. The number of aromatic nitrogens is 4. The number of rotatable bonds is 8. The van der Waals surface area contributed by atoms with Crippen LogP contribution in [0.25, 0.3) is 0 Å². The first-order valence-electron chi connectivity index (χ1n) is 9.30. The van der Waals surface area contributed by atoms with E-state index in [1.807, 2.05) is 0 Å². The number of aryl methyl sites for hydroxylation is 1. The molecule has 1 aliphatic rings. The number of guanidine groups is 1. The van der Waals surface area contributed by atoms with Crippen LogP contribution in [0.5, 0.6) is 0 Å². The van der Waals surface area contributed by atoms with Crippen molar-refractivity contribution in [3.8, 4) is 0 Å². The van der Waals surface area contributed by atoms with E-state index in [1.54, 1.807) is 24.7 Å². The first-order chi connectivity index (χ1) is 12.8. The molecule has 0 atom stereocenters. The van der Waals surface area contributed by atoms with E-state index in [0.717, 1.165) is 63.0 Å². The lowest BCUT2D eigenvalue weighted by atomic mass is 10.3. The Morgan fingerprint density at radius 2 is 2.08 bits per heavy atom. The van der Waals surface area contributed by atoms with Gasteiger partial charge >= 0.3 is 0 Å². The summed E-state index contributed by atoms with van der Waals surface area (Å²) in [6.45, 7) is 6.79. The summed E-state index contributed by atoms with van der Waals surface area (Å²) in [6, 6.07) is 0. The molecule has 0 radical (unpaired) electrons. The van der Waals surface area contributed by atoms with Gasteiger partial charge in [0.2, 0.25) is 0 Å². The molecular formula is C17H28N8S. The second kappa shape index (κ2) is 9.51. The number of hydrogen-bond acceptors (Lipinski definition) is 6. The molecule has 1 saturated heterocycles. The number of anilines is 1. The molecule has 1 aliphatic heterocycles. The van der Waals surface area contributed by atoms with E-state index in [2.05, 4.69) is 47.6 Å². The fraction of sp³-hybridized carbons (Fsp3) is 0.647. The van der Waals surface area contributed by atoms with Crippen molar-refractivity contribution in [2.24, 2.45) is 4.99 Å². The summed E-state index contributed by atoms with van der Waals surface area (Å²) in [5.41, 5.74) is 1.15. The molecule has 0 aliphatic carbocycles. The zero-order valence-electron chi connectivity index (χ0n) is 15.6. The van der Waals surface area contributed by atoms with Crippen LogP contribution in [0.2, 0.25) is 0 Å². The Hall–Kier alpha value is -2.16. The Balaban J connectivity index is 1.37. The molecule has 2 aromatic heterocycles. The van der Waals surface area contributed by atoms with E-state index >= 15 is 0 Å². The molecule has 9 heteroatoms. The number of aliphatic imine (C=N–C) groups is 1. The van der Waals surface area contributed by atoms with Gasteiger partial charge in [0.1, 0.15) is 12.2 Å². The second-order valence-corrected chi connectivity index (χ2v) is 7.12. The van der Waals surface area contributed by atoms with Gasteiger partial charge in [-0.15, -0.1) is 21.5 Å². The molecule has 0 bridgehead atoms. The van der Waals surface area contributed by atoms with Crippen LogP contribution in [0.3, 0.4) is 0 Å². The van der Waals surface area contributed by atoms with Gasteiger partial charge in [-0.3, -0.25) is 4.99 Å². The summed E-state index contributed by atoms with van der Waals surface area (Å²) in [5, 5.41) is 18.1. The van der Waals surface area contributed by atoms with Crippen molar-refractivity contribution in [3.63, 3.8) is 0 Å². The van der Waals surface area contributed by atoms with Gasteiger partial charge in [0.05, 0.1) is 5.69 Å². The molecule has 3 rings (SSSR count). The minimum absolute atomic E-state index is 0.778. The maximum absolute atomic E-state index is 4.76. The minimum Gasteiger partial charge on any atom is -0.356 e. The van der Waals surface area contributed by atoms with Crippen LogP contribution in [-0.4, -0.2) is 58.9 Å². The third-order valence-electron chi connectivity index (χ3n) is 4.47. The highest BCUT2D eigenvalue weighted by Crippen LogP contribution is 2.24. The predicted octanol–water partition coefficient (Wildman–Crippen LogP) is 1.30. The zero-order valence-corrected chi connectivity index (χ0v) is 16.4. The summed E-state index contributed by atoms with van der Waals surface area (Å²) < 4.78 is 2.06. The molecule has 8 nitrogen and oxygen atoms in total. The van der Waals surface area contributed by atoms with E-state index < -0.39 is 0 Å². The molecule has 1 fully saturated rings.